The highest BCUT2D eigenvalue weighted by atomic mass is 32.1. The third kappa shape index (κ3) is 30.8. The monoisotopic (exact) mass is 653 g/mol. The molecule has 6 nitrogen and oxygen atoms in total. The van der Waals surface area contributed by atoms with E-state index in [4.69, 9.17) is 4.74 Å². The molecule has 0 atom stereocenters. The summed E-state index contributed by atoms with van der Waals surface area (Å²) in [5, 5.41) is 5.18. The fourth-order valence-electron chi connectivity index (χ4n) is 4.33. The summed E-state index contributed by atoms with van der Waals surface area (Å²) in [6.07, 6.45) is 17.0. The number of hydrogen-bond donors (Lipinski definition) is 2. The predicted molar refractivity (Wildman–Crippen MR) is 197 cm³/mol. The normalized spacial score (nSPS) is 11.9. The van der Waals surface area contributed by atoms with Gasteiger partial charge in [0.2, 0.25) is 6.41 Å². The molecule has 1 fully saturated rings. The van der Waals surface area contributed by atoms with Crippen molar-refractivity contribution in [1.82, 2.24) is 15.6 Å². The quantitative estimate of drug-likeness (QED) is 0.151. The number of amides is 2. The van der Waals surface area contributed by atoms with Crippen LogP contribution < -0.4 is 10.6 Å². The van der Waals surface area contributed by atoms with E-state index < -0.39 is 6.09 Å². The van der Waals surface area contributed by atoms with Crippen molar-refractivity contribution in [2.45, 2.75) is 119 Å². The number of benzene rings is 2. The lowest BCUT2D eigenvalue weighted by Gasteiger charge is -2.20. The molecule has 1 saturated carbocycles. The van der Waals surface area contributed by atoms with Gasteiger partial charge >= 0.3 is 6.09 Å². The number of carbonyl (C=O) groups excluding carboxylic acids is 2. The van der Waals surface area contributed by atoms with Crippen LogP contribution in [0, 0.1) is 25.7 Å². The third-order valence-electron chi connectivity index (χ3n) is 6.75. The van der Waals surface area contributed by atoms with Gasteiger partial charge < -0.3 is 15.4 Å². The van der Waals surface area contributed by atoms with Crippen molar-refractivity contribution in [3.63, 3.8) is 0 Å². The van der Waals surface area contributed by atoms with Gasteiger partial charge in [0.1, 0.15) is 6.61 Å². The first-order valence-corrected chi connectivity index (χ1v) is 18.1. The first kappa shape index (κ1) is 42.8. The van der Waals surface area contributed by atoms with Crippen LogP contribution in [0.4, 0.5) is 4.79 Å². The van der Waals surface area contributed by atoms with Gasteiger partial charge in [0.15, 0.2) is 0 Å². The van der Waals surface area contributed by atoms with Gasteiger partial charge in [-0.3, -0.25) is 9.78 Å². The molecular formula is C39H63N3O3S. The number of aromatic nitrogens is 1. The zero-order chi connectivity index (χ0) is 34.1. The summed E-state index contributed by atoms with van der Waals surface area (Å²) in [4.78, 5) is 25.9. The third-order valence-corrected chi connectivity index (χ3v) is 7.50. The van der Waals surface area contributed by atoms with Crippen molar-refractivity contribution in [3.8, 4) is 0 Å². The lowest BCUT2D eigenvalue weighted by atomic mass is 9.86. The van der Waals surface area contributed by atoms with Gasteiger partial charge in [-0.15, -0.1) is 11.3 Å². The Kier molecular flexibility index (Phi) is 29.6. The maximum atomic E-state index is 11.2. The number of thiazole rings is 1. The van der Waals surface area contributed by atoms with Crippen LogP contribution in [-0.4, -0.2) is 30.6 Å². The minimum Gasteiger partial charge on any atom is -0.444 e. The van der Waals surface area contributed by atoms with Crippen LogP contribution in [0.25, 0.3) is 0 Å². The molecule has 1 aromatic heterocycles. The Morgan fingerprint density at radius 3 is 1.91 bits per heavy atom. The number of aryl methyl sites for hydroxylation is 2. The average Bonchev–Trinajstić information content (AvgIpc) is 3.58. The van der Waals surface area contributed by atoms with E-state index in [-0.39, 0.29) is 6.61 Å². The number of hydrogen-bond acceptors (Lipinski definition) is 5. The number of rotatable bonds is 12. The minimum atomic E-state index is -0.429. The molecule has 3 aromatic rings. The summed E-state index contributed by atoms with van der Waals surface area (Å²) in [5.74, 6) is 1.94. The zero-order valence-electron chi connectivity index (χ0n) is 29.6. The molecule has 7 heteroatoms. The Labute approximate surface area is 285 Å². The van der Waals surface area contributed by atoms with Gasteiger partial charge in [-0.2, -0.15) is 0 Å². The lowest BCUT2D eigenvalue weighted by molar-refractivity contribution is -0.109. The van der Waals surface area contributed by atoms with E-state index in [1.807, 2.05) is 36.4 Å². The van der Waals surface area contributed by atoms with Crippen LogP contribution in [0.1, 0.15) is 114 Å². The van der Waals surface area contributed by atoms with Crippen molar-refractivity contribution in [1.29, 1.82) is 0 Å². The van der Waals surface area contributed by atoms with Gasteiger partial charge in [-0.25, -0.2) is 4.79 Å². The molecule has 46 heavy (non-hydrogen) atoms. The summed E-state index contributed by atoms with van der Waals surface area (Å²) < 4.78 is 4.96. The number of ether oxygens (including phenoxy) is 1. The smallest absolute Gasteiger partial charge is 0.407 e. The van der Waals surface area contributed by atoms with E-state index in [2.05, 4.69) is 81.4 Å². The molecule has 0 radical (unpaired) electrons. The van der Waals surface area contributed by atoms with Crippen LogP contribution in [0.15, 0.2) is 72.4 Å². The highest BCUT2D eigenvalue weighted by Gasteiger charge is 2.12. The SMILES string of the molecule is CC(C)C.CCCCCC1CCCCC1.Cc1ccccc1.Cc1ccccc1.O=CNCCCCNC(=O)OCc1cncs1. The summed E-state index contributed by atoms with van der Waals surface area (Å²) in [5.41, 5.74) is 4.33. The average molecular weight is 654 g/mol. The topological polar surface area (TPSA) is 80.3 Å². The molecule has 258 valence electrons. The highest BCUT2D eigenvalue weighted by molar-refractivity contribution is 7.09. The summed E-state index contributed by atoms with van der Waals surface area (Å²) in [6, 6.07) is 20.5. The fourth-order valence-corrected chi connectivity index (χ4v) is 4.84. The van der Waals surface area contributed by atoms with Crippen LogP contribution in [-0.2, 0) is 16.1 Å². The molecule has 2 N–H and O–H groups in total. The molecule has 2 aromatic carbocycles. The number of alkyl carbamates (subject to hydrolysis) is 1. The Balaban J connectivity index is 0.000000599. The van der Waals surface area contributed by atoms with Crippen LogP contribution in [0.5, 0.6) is 0 Å². The minimum absolute atomic E-state index is 0.253. The zero-order valence-corrected chi connectivity index (χ0v) is 30.5. The van der Waals surface area contributed by atoms with E-state index in [0.717, 1.165) is 29.6 Å². The Bertz CT molecular complexity index is 1000. The predicted octanol–water partition coefficient (Wildman–Crippen LogP) is 10.7. The van der Waals surface area contributed by atoms with Crippen molar-refractivity contribution in [3.05, 3.63) is 88.4 Å². The molecule has 1 heterocycles. The van der Waals surface area contributed by atoms with Gasteiger partial charge in [-0.05, 0) is 38.5 Å². The molecule has 4 rings (SSSR count). The van der Waals surface area contributed by atoms with Gasteiger partial charge in [-0.1, -0.05) is 157 Å². The van der Waals surface area contributed by atoms with E-state index in [1.54, 1.807) is 11.7 Å². The molecule has 0 bridgehead atoms. The molecular weight excluding hydrogens is 591 g/mol. The maximum Gasteiger partial charge on any atom is 0.407 e. The summed E-state index contributed by atoms with van der Waals surface area (Å²) in [6.45, 7) is 14.4. The summed E-state index contributed by atoms with van der Waals surface area (Å²) in [7, 11) is 0. The molecule has 0 spiro atoms. The highest BCUT2D eigenvalue weighted by Crippen LogP contribution is 2.27. The van der Waals surface area contributed by atoms with Gasteiger partial charge in [0.25, 0.3) is 0 Å². The molecule has 0 unspecified atom stereocenters. The Morgan fingerprint density at radius 2 is 1.46 bits per heavy atom. The van der Waals surface area contributed by atoms with Crippen molar-refractivity contribution < 1.29 is 14.3 Å². The standard InChI is InChI=1S/C11H22.C10H15N3O3S.2C7H8.C4H10/c1-2-3-5-8-11-9-6-4-7-10-11;14-7-11-3-1-2-4-13-10(15)16-6-9-5-12-8-17-9;2*1-7-5-3-2-4-6-7;1-4(2)3/h11H,2-10H2,1H3;5,7-8H,1-4,6H2,(H,11,14)(H,13,15);2*2-6H,1H3;4H,1-3H3. The molecule has 2 amide bonds. The second kappa shape index (κ2) is 31.8. The number of nitrogens with one attached hydrogen (secondary N) is 2. The van der Waals surface area contributed by atoms with Crippen LogP contribution in [0.2, 0.25) is 0 Å². The summed E-state index contributed by atoms with van der Waals surface area (Å²) >= 11 is 1.44. The largest absolute Gasteiger partial charge is 0.444 e. The van der Waals surface area contributed by atoms with Crippen molar-refractivity contribution in [2.24, 2.45) is 11.8 Å². The lowest BCUT2D eigenvalue weighted by Crippen LogP contribution is -2.25. The maximum absolute atomic E-state index is 11.2. The molecule has 0 saturated heterocycles. The van der Waals surface area contributed by atoms with E-state index in [1.165, 1.54) is 80.3 Å². The van der Waals surface area contributed by atoms with E-state index in [9.17, 15) is 9.59 Å². The second-order valence-corrected chi connectivity index (χ2v) is 13.3. The molecule has 1 aliphatic carbocycles. The Hall–Kier alpha value is -3.19. The molecule has 0 aliphatic heterocycles. The Morgan fingerprint density at radius 1 is 0.891 bits per heavy atom. The first-order chi connectivity index (χ1) is 22.3. The van der Waals surface area contributed by atoms with E-state index >= 15 is 0 Å². The van der Waals surface area contributed by atoms with Crippen LogP contribution in [0.3, 0.4) is 0 Å². The second-order valence-electron chi connectivity index (χ2n) is 12.3. The fraction of sp³-hybridized carbons (Fsp3) is 0.564. The number of unbranched alkanes of at least 4 members (excludes halogenated alkanes) is 3. The molecule has 1 aliphatic rings. The first-order valence-electron chi connectivity index (χ1n) is 17.3. The number of nitrogens with zero attached hydrogens (tertiary/aromatic N) is 1. The van der Waals surface area contributed by atoms with Crippen molar-refractivity contribution >= 4 is 23.8 Å². The van der Waals surface area contributed by atoms with Gasteiger partial charge in [0, 0.05) is 19.3 Å². The van der Waals surface area contributed by atoms with E-state index in [0.29, 0.717) is 19.5 Å². The van der Waals surface area contributed by atoms with Gasteiger partial charge in [0.05, 0.1) is 10.4 Å². The number of carbonyl (C=O) groups is 2. The van der Waals surface area contributed by atoms with Crippen LogP contribution >= 0.6 is 11.3 Å². The van der Waals surface area contributed by atoms with Crippen molar-refractivity contribution in [2.75, 3.05) is 13.1 Å².